The highest BCUT2D eigenvalue weighted by molar-refractivity contribution is 5.81. The van der Waals surface area contributed by atoms with Crippen molar-refractivity contribution in [2.45, 2.75) is 54.9 Å². The predicted molar refractivity (Wildman–Crippen MR) is 77.0 cm³/mol. The summed E-state index contributed by atoms with van der Waals surface area (Å²) in [6.45, 7) is 13.5. The van der Waals surface area contributed by atoms with E-state index in [1.165, 1.54) is 0 Å². The van der Waals surface area contributed by atoms with Gasteiger partial charge in [-0.15, -0.1) is 0 Å². The fraction of sp³-hybridized carbons (Fsp3) is 0.688. The van der Waals surface area contributed by atoms with E-state index in [1.807, 2.05) is 54.5 Å². The SMILES string of the molecule is CC1=CC(C(C)(C)C)=C(O)C(C(=O)O)(C(C)(C)C)C1. The van der Waals surface area contributed by atoms with Crippen LogP contribution in [-0.4, -0.2) is 16.2 Å². The minimum Gasteiger partial charge on any atom is -0.511 e. The first-order chi connectivity index (χ1) is 8.34. The Bertz CT molecular complexity index is 455. The summed E-state index contributed by atoms with van der Waals surface area (Å²) < 4.78 is 0. The normalized spacial score (nSPS) is 25.3. The van der Waals surface area contributed by atoms with Gasteiger partial charge in [-0.1, -0.05) is 53.2 Å². The lowest BCUT2D eigenvalue weighted by molar-refractivity contribution is -0.155. The van der Waals surface area contributed by atoms with Gasteiger partial charge in [0.05, 0.1) is 0 Å². The Morgan fingerprint density at radius 1 is 1.21 bits per heavy atom. The molecule has 0 saturated heterocycles. The Morgan fingerprint density at radius 3 is 2.00 bits per heavy atom. The molecule has 0 amide bonds. The summed E-state index contributed by atoms with van der Waals surface area (Å²) in [5, 5.41) is 20.5. The van der Waals surface area contributed by atoms with Gasteiger partial charge in [0.1, 0.15) is 11.2 Å². The maximum absolute atomic E-state index is 11.9. The lowest BCUT2D eigenvalue weighted by Crippen LogP contribution is -2.47. The number of allylic oxidation sites excluding steroid dienone is 3. The van der Waals surface area contributed by atoms with Crippen molar-refractivity contribution >= 4 is 5.97 Å². The fourth-order valence-electron chi connectivity index (χ4n) is 2.79. The molecule has 0 fully saturated rings. The van der Waals surface area contributed by atoms with Gasteiger partial charge in [0.25, 0.3) is 0 Å². The average molecular weight is 266 g/mol. The molecule has 0 heterocycles. The summed E-state index contributed by atoms with van der Waals surface area (Å²) in [7, 11) is 0. The second-order valence-electron chi connectivity index (χ2n) is 7.64. The Hall–Kier alpha value is -1.25. The van der Waals surface area contributed by atoms with Gasteiger partial charge in [-0.2, -0.15) is 0 Å². The van der Waals surface area contributed by atoms with Crippen molar-refractivity contribution in [1.29, 1.82) is 0 Å². The Morgan fingerprint density at radius 2 is 1.68 bits per heavy atom. The first-order valence-corrected chi connectivity index (χ1v) is 6.69. The largest absolute Gasteiger partial charge is 0.511 e. The molecule has 0 saturated carbocycles. The molecular weight excluding hydrogens is 240 g/mol. The maximum Gasteiger partial charge on any atom is 0.318 e. The molecule has 0 aromatic heterocycles. The van der Waals surface area contributed by atoms with E-state index < -0.39 is 16.8 Å². The molecule has 0 aliphatic heterocycles. The molecule has 0 aromatic rings. The molecule has 3 nitrogen and oxygen atoms in total. The topological polar surface area (TPSA) is 57.5 Å². The van der Waals surface area contributed by atoms with Crippen molar-refractivity contribution in [3.05, 3.63) is 23.0 Å². The zero-order valence-corrected chi connectivity index (χ0v) is 13.1. The van der Waals surface area contributed by atoms with Crippen LogP contribution in [0.5, 0.6) is 0 Å². The van der Waals surface area contributed by atoms with Crippen LogP contribution < -0.4 is 0 Å². The van der Waals surface area contributed by atoms with Crippen molar-refractivity contribution in [3.63, 3.8) is 0 Å². The highest BCUT2D eigenvalue weighted by Crippen LogP contribution is 2.53. The van der Waals surface area contributed by atoms with Crippen LogP contribution in [0.3, 0.4) is 0 Å². The standard InChI is InChI=1S/C16H26O3/c1-10-8-11(14(2,3)4)12(17)16(9-10,13(18)19)15(5,6)7/h8,17H,9H2,1-7H3,(H,18,19). The number of aliphatic carboxylic acids is 1. The highest BCUT2D eigenvalue weighted by Gasteiger charge is 2.55. The molecule has 1 aliphatic carbocycles. The second kappa shape index (κ2) is 4.39. The average Bonchev–Trinajstić information content (AvgIpc) is 2.16. The lowest BCUT2D eigenvalue weighted by atomic mass is 9.58. The zero-order chi connectivity index (χ0) is 15.2. The van der Waals surface area contributed by atoms with Crippen molar-refractivity contribution in [3.8, 4) is 0 Å². The molecule has 0 bridgehead atoms. The van der Waals surface area contributed by atoms with Gasteiger partial charge >= 0.3 is 5.97 Å². The van der Waals surface area contributed by atoms with Crippen LogP contribution >= 0.6 is 0 Å². The van der Waals surface area contributed by atoms with Crippen molar-refractivity contribution in [2.24, 2.45) is 16.2 Å². The number of carboxylic acid groups (broad SMARTS) is 1. The van der Waals surface area contributed by atoms with E-state index >= 15 is 0 Å². The van der Waals surface area contributed by atoms with Crippen molar-refractivity contribution in [2.75, 3.05) is 0 Å². The lowest BCUT2D eigenvalue weighted by Gasteiger charge is -2.45. The van der Waals surface area contributed by atoms with Gasteiger partial charge in [0, 0.05) is 0 Å². The van der Waals surface area contributed by atoms with E-state index in [2.05, 4.69) is 0 Å². The van der Waals surface area contributed by atoms with Gasteiger partial charge in [0.15, 0.2) is 0 Å². The number of hydrogen-bond acceptors (Lipinski definition) is 2. The van der Waals surface area contributed by atoms with Crippen LogP contribution in [0.1, 0.15) is 54.9 Å². The van der Waals surface area contributed by atoms with Crippen LogP contribution in [-0.2, 0) is 4.79 Å². The van der Waals surface area contributed by atoms with Crippen molar-refractivity contribution in [1.82, 2.24) is 0 Å². The summed E-state index contributed by atoms with van der Waals surface area (Å²) in [4.78, 5) is 11.9. The Kier molecular flexibility index (Phi) is 3.66. The Labute approximate surface area is 116 Å². The number of rotatable bonds is 1. The van der Waals surface area contributed by atoms with Gasteiger partial charge in [-0.05, 0) is 29.7 Å². The molecule has 3 heteroatoms. The van der Waals surface area contributed by atoms with Gasteiger partial charge in [-0.3, -0.25) is 4.79 Å². The van der Waals surface area contributed by atoms with Crippen LogP contribution in [0.2, 0.25) is 0 Å². The minimum absolute atomic E-state index is 0.0191. The molecule has 2 N–H and O–H groups in total. The molecule has 1 aliphatic rings. The van der Waals surface area contributed by atoms with Gasteiger partial charge < -0.3 is 10.2 Å². The number of carboxylic acids is 1. The van der Waals surface area contributed by atoms with E-state index in [4.69, 9.17) is 0 Å². The van der Waals surface area contributed by atoms with Crippen LogP contribution in [0.15, 0.2) is 23.0 Å². The first-order valence-electron chi connectivity index (χ1n) is 6.69. The molecule has 1 rings (SSSR count). The van der Waals surface area contributed by atoms with Crippen LogP contribution in [0.25, 0.3) is 0 Å². The van der Waals surface area contributed by atoms with Crippen molar-refractivity contribution < 1.29 is 15.0 Å². The summed E-state index contributed by atoms with van der Waals surface area (Å²) in [6, 6.07) is 0. The van der Waals surface area contributed by atoms with Crippen LogP contribution in [0, 0.1) is 16.2 Å². The molecule has 0 aromatic carbocycles. The first kappa shape index (κ1) is 15.8. The maximum atomic E-state index is 11.9. The third-order valence-electron chi connectivity index (χ3n) is 4.05. The number of hydrogen-bond donors (Lipinski definition) is 2. The summed E-state index contributed by atoms with van der Waals surface area (Å²) in [5.41, 5.74) is -0.352. The van der Waals surface area contributed by atoms with E-state index in [0.29, 0.717) is 6.42 Å². The summed E-state index contributed by atoms with van der Waals surface area (Å²) in [5.74, 6) is -0.933. The zero-order valence-electron chi connectivity index (χ0n) is 13.1. The van der Waals surface area contributed by atoms with Gasteiger partial charge in [-0.25, -0.2) is 0 Å². The number of aliphatic hydroxyl groups is 1. The number of aliphatic hydroxyl groups excluding tert-OH is 1. The molecule has 0 radical (unpaired) electrons. The summed E-state index contributed by atoms with van der Waals surface area (Å²) >= 11 is 0. The summed E-state index contributed by atoms with van der Waals surface area (Å²) in [6.07, 6.45) is 2.29. The minimum atomic E-state index is -1.24. The molecule has 1 atom stereocenters. The molecule has 0 spiro atoms. The molecule has 108 valence electrons. The van der Waals surface area contributed by atoms with Gasteiger partial charge in [0.2, 0.25) is 0 Å². The third kappa shape index (κ3) is 2.43. The van der Waals surface area contributed by atoms with E-state index in [-0.39, 0.29) is 11.2 Å². The van der Waals surface area contributed by atoms with E-state index in [9.17, 15) is 15.0 Å². The fourth-order valence-corrected chi connectivity index (χ4v) is 2.79. The smallest absolute Gasteiger partial charge is 0.318 e. The molecular formula is C16H26O3. The monoisotopic (exact) mass is 266 g/mol. The molecule has 19 heavy (non-hydrogen) atoms. The Balaban J connectivity index is 3.66. The van der Waals surface area contributed by atoms with E-state index in [0.717, 1.165) is 11.1 Å². The predicted octanol–water partition coefficient (Wildman–Crippen LogP) is 4.31. The molecule has 1 unspecified atom stereocenters. The van der Waals surface area contributed by atoms with E-state index in [1.54, 1.807) is 0 Å². The highest BCUT2D eigenvalue weighted by atomic mass is 16.4. The number of carbonyl (C=O) groups is 1. The quantitative estimate of drug-likeness (QED) is 0.743. The van der Waals surface area contributed by atoms with Crippen LogP contribution in [0.4, 0.5) is 0 Å². The third-order valence-corrected chi connectivity index (χ3v) is 4.05. The second-order valence-corrected chi connectivity index (χ2v) is 7.64.